The van der Waals surface area contributed by atoms with Crippen LogP contribution in [0.4, 0.5) is 4.39 Å². The van der Waals surface area contributed by atoms with E-state index in [4.69, 9.17) is 11.6 Å². The number of hydrogen-bond donors (Lipinski definition) is 1. The Morgan fingerprint density at radius 2 is 1.78 bits per heavy atom. The molecule has 1 N–H and O–H groups in total. The van der Waals surface area contributed by atoms with Gasteiger partial charge in [-0.2, -0.15) is 5.10 Å². The van der Waals surface area contributed by atoms with Gasteiger partial charge in [-0.1, -0.05) is 41.9 Å². The molecule has 120 valence electrons. The molecule has 3 rings (SSSR count). The summed E-state index contributed by atoms with van der Waals surface area (Å²) in [5.74, 6) is -0.223. The van der Waals surface area contributed by atoms with Crippen molar-refractivity contribution in [2.45, 2.75) is 6.54 Å². The normalized spacial score (nSPS) is 16.2. The monoisotopic (exact) mass is 332 g/mol. The molecule has 0 saturated carbocycles. The van der Waals surface area contributed by atoms with Crippen molar-refractivity contribution in [3.8, 4) is 0 Å². The van der Waals surface area contributed by atoms with Gasteiger partial charge in [0.15, 0.2) is 0 Å². The highest BCUT2D eigenvalue weighted by molar-refractivity contribution is 6.31. The molecular weight excluding hydrogens is 313 g/mol. The Bertz CT molecular complexity index is 664. The molecule has 0 amide bonds. The van der Waals surface area contributed by atoms with Gasteiger partial charge >= 0.3 is 0 Å². The molecule has 0 spiro atoms. The number of nitrogens with one attached hydrogen (secondary N) is 1. The second-order valence-electron chi connectivity index (χ2n) is 5.77. The van der Waals surface area contributed by atoms with Gasteiger partial charge in [-0.15, -0.1) is 0 Å². The van der Waals surface area contributed by atoms with Gasteiger partial charge in [-0.25, -0.2) is 4.39 Å². The van der Waals surface area contributed by atoms with Crippen molar-refractivity contribution >= 4 is 17.8 Å². The molecule has 1 fully saturated rings. The molecule has 0 unspecified atom stereocenters. The molecular formula is C18H20ClFN3+. The van der Waals surface area contributed by atoms with Crippen LogP contribution in [0.3, 0.4) is 0 Å². The number of benzene rings is 2. The van der Waals surface area contributed by atoms with Crippen molar-refractivity contribution in [1.29, 1.82) is 0 Å². The number of halogens is 2. The van der Waals surface area contributed by atoms with Crippen LogP contribution in [-0.2, 0) is 6.54 Å². The SMILES string of the molecule is Fc1ccc(/C=N/N2CC[NH+](Cc3ccccc3Cl)CC2)cc1. The number of hydrazone groups is 1. The van der Waals surface area contributed by atoms with Gasteiger partial charge in [0.25, 0.3) is 0 Å². The first kappa shape index (κ1) is 16.0. The smallest absolute Gasteiger partial charge is 0.123 e. The lowest BCUT2D eigenvalue weighted by atomic mass is 10.2. The van der Waals surface area contributed by atoms with Crippen LogP contribution >= 0.6 is 11.6 Å². The third kappa shape index (κ3) is 4.53. The topological polar surface area (TPSA) is 20.0 Å². The Morgan fingerprint density at radius 3 is 2.48 bits per heavy atom. The number of piperazine rings is 1. The van der Waals surface area contributed by atoms with Crippen molar-refractivity contribution < 1.29 is 9.29 Å². The molecule has 1 aliphatic rings. The molecule has 2 aromatic carbocycles. The Balaban J connectivity index is 1.50. The molecule has 1 heterocycles. The lowest BCUT2D eigenvalue weighted by Gasteiger charge is -2.30. The first-order chi connectivity index (χ1) is 11.2. The van der Waals surface area contributed by atoms with E-state index < -0.39 is 0 Å². The zero-order valence-corrected chi connectivity index (χ0v) is 13.6. The van der Waals surface area contributed by atoms with Gasteiger partial charge in [-0.05, 0) is 23.8 Å². The largest absolute Gasteiger partial charge is 0.328 e. The molecule has 0 aliphatic carbocycles. The van der Waals surface area contributed by atoms with Crippen molar-refractivity contribution in [3.63, 3.8) is 0 Å². The predicted molar refractivity (Wildman–Crippen MR) is 91.4 cm³/mol. The van der Waals surface area contributed by atoms with Gasteiger partial charge in [0.05, 0.1) is 32.4 Å². The zero-order chi connectivity index (χ0) is 16.1. The molecule has 3 nitrogen and oxygen atoms in total. The van der Waals surface area contributed by atoms with E-state index in [0.29, 0.717) is 0 Å². The summed E-state index contributed by atoms with van der Waals surface area (Å²) < 4.78 is 12.9. The van der Waals surface area contributed by atoms with Crippen LogP contribution < -0.4 is 4.90 Å². The highest BCUT2D eigenvalue weighted by Gasteiger charge is 2.19. The van der Waals surface area contributed by atoms with Crippen LogP contribution in [0.15, 0.2) is 53.6 Å². The molecule has 5 heteroatoms. The third-order valence-corrected chi connectivity index (χ3v) is 4.45. The van der Waals surface area contributed by atoms with Crippen molar-refractivity contribution in [2.75, 3.05) is 26.2 Å². The van der Waals surface area contributed by atoms with Crippen molar-refractivity contribution in [3.05, 3.63) is 70.5 Å². The summed E-state index contributed by atoms with van der Waals surface area (Å²) in [6, 6.07) is 14.4. The average molecular weight is 333 g/mol. The van der Waals surface area contributed by atoms with Crippen LogP contribution in [0.25, 0.3) is 0 Å². The minimum atomic E-state index is -0.223. The minimum absolute atomic E-state index is 0.223. The van der Waals surface area contributed by atoms with E-state index in [-0.39, 0.29) is 5.82 Å². The quantitative estimate of drug-likeness (QED) is 0.851. The Hall–Kier alpha value is -1.91. The Kier molecular flexibility index (Phi) is 5.26. The average Bonchev–Trinajstić information content (AvgIpc) is 2.58. The summed E-state index contributed by atoms with van der Waals surface area (Å²) in [5, 5.41) is 7.40. The van der Waals surface area contributed by atoms with E-state index in [1.54, 1.807) is 18.3 Å². The number of quaternary nitrogens is 1. The molecule has 23 heavy (non-hydrogen) atoms. The molecule has 0 aromatic heterocycles. The van der Waals surface area contributed by atoms with E-state index in [0.717, 1.165) is 43.3 Å². The lowest BCUT2D eigenvalue weighted by Crippen LogP contribution is -3.13. The number of nitrogens with zero attached hydrogens (tertiary/aromatic N) is 2. The second-order valence-corrected chi connectivity index (χ2v) is 6.18. The van der Waals surface area contributed by atoms with E-state index in [2.05, 4.69) is 16.2 Å². The van der Waals surface area contributed by atoms with Gasteiger partial charge < -0.3 is 4.90 Å². The summed E-state index contributed by atoms with van der Waals surface area (Å²) >= 11 is 6.23. The zero-order valence-electron chi connectivity index (χ0n) is 12.9. The second kappa shape index (κ2) is 7.57. The molecule has 0 radical (unpaired) electrons. The maximum Gasteiger partial charge on any atom is 0.123 e. The standard InChI is InChI=1S/C18H19ClFN3/c19-18-4-2-1-3-16(18)14-22-9-11-23(12-10-22)21-13-15-5-7-17(20)8-6-15/h1-8,13H,9-12,14H2/p+1/b21-13+. The van der Waals surface area contributed by atoms with Crippen molar-refractivity contribution in [2.24, 2.45) is 5.10 Å². The fourth-order valence-electron chi connectivity index (χ4n) is 2.71. The summed E-state index contributed by atoms with van der Waals surface area (Å²) in [6.07, 6.45) is 1.79. The highest BCUT2D eigenvalue weighted by atomic mass is 35.5. The summed E-state index contributed by atoms with van der Waals surface area (Å²) in [7, 11) is 0. The van der Waals surface area contributed by atoms with Crippen molar-refractivity contribution in [1.82, 2.24) is 5.01 Å². The predicted octanol–water partition coefficient (Wildman–Crippen LogP) is 2.21. The maximum atomic E-state index is 12.9. The van der Waals surface area contributed by atoms with E-state index in [9.17, 15) is 4.39 Å². The Labute approximate surface area is 141 Å². The maximum absolute atomic E-state index is 12.9. The molecule has 0 bridgehead atoms. The van der Waals surface area contributed by atoms with E-state index in [1.807, 2.05) is 18.2 Å². The molecule has 2 aromatic rings. The van der Waals surface area contributed by atoms with Gasteiger partial charge in [0, 0.05) is 10.6 Å². The van der Waals surface area contributed by atoms with Gasteiger partial charge in [-0.3, -0.25) is 5.01 Å². The van der Waals surface area contributed by atoms with Crippen LogP contribution in [0.5, 0.6) is 0 Å². The minimum Gasteiger partial charge on any atom is -0.328 e. The highest BCUT2D eigenvalue weighted by Crippen LogP contribution is 2.13. The van der Waals surface area contributed by atoms with Crippen LogP contribution in [0.2, 0.25) is 5.02 Å². The third-order valence-electron chi connectivity index (χ3n) is 4.09. The fourth-order valence-corrected chi connectivity index (χ4v) is 2.91. The molecule has 1 saturated heterocycles. The first-order valence-corrected chi connectivity index (χ1v) is 8.20. The van der Waals surface area contributed by atoms with Gasteiger partial charge in [0.1, 0.15) is 12.4 Å². The van der Waals surface area contributed by atoms with Crippen LogP contribution in [0, 0.1) is 5.82 Å². The van der Waals surface area contributed by atoms with Gasteiger partial charge in [0.2, 0.25) is 0 Å². The summed E-state index contributed by atoms with van der Waals surface area (Å²) in [4.78, 5) is 1.52. The fraction of sp³-hybridized carbons (Fsp3) is 0.278. The summed E-state index contributed by atoms with van der Waals surface area (Å²) in [6.45, 7) is 4.85. The summed E-state index contributed by atoms with van der Waals surface area (Å²) in [5.41, 5.74) is 2.12. The van der Waals surface area contributed by atoms with E-state index >= 15 is 0 Å². The Morgan fingerprint density at radius 1 is 1.09 bits per heavy atom. The van der Waals surface area contributed by atoms with Crippen LogP contribution in [-0.4, -0.2) is 37.4 Å². The molecule has 0 atom stereocenters. The first-order valence-electron chi connectivity index (χ1n) is 7.82. The number of rotatable bonds is 4. The van der Waals surface area contributed by atoms with Crippen LogP contribution in [0.1, 0.15) is 11.1 Å². The molecule has 1 aliphatic heterocycles. The van der Waals surface area contributed by atoms with E-state index in [1.165, 1.54) is 22.6 Å². The number of hydrogen-bond acceptors (Lipinski definition) is 2. The lowest BCUT2D eigenvalue weighted by molar-refractivity contribution is -0.918.